The molecule has 0 aliphatic heterocycles. The molecule has 0 fully saturated rings. The van der Waals surface area contributed by atoms with Crippen molar-refractivity contribution in [1.82, 2.24) is 10.4 Å². The molecule has 1 aromatic carbocycles. The lowest BCUT2D eigenvalue weighted by molar-refractivity contribution is -0.138. The van der Waals surface area contributed by atoms with Gasteiger partial charge in [-0.1, -0.05) is 0 Å². The summed E-state index contributed by atoms with van der Waals surface area (Å²) in [7, 11) is 0. The minimum absolute atomic E-state index is 0.146. The van der Waals surface area contributed by atoms with Gasteiger partial charge in [-0.3, -0.25) is 11.3 Å². The van der Waals surface area contributed by atoms with Crippen LogP contribution in [0, 0.1) is 12.7 Å². The Morgan fingerprint density at radius 2 is 2.10 bits per heavy atom. The summed E-state index contributed by atoms with van der Waals surface area (Å²) in [6, 6.07) is 1.49. The first-order valence-corrected chi connectivity index (χ1v) is 6.93. The van der Waals surface area contributed by atoms with Gasteiger partial charge in [0.2, 0.25) is 0 Å². The average Bonchev–Trinajstić information content (AvgIpc) is 2.80. The third kappa shape index (κ3) is 3.78. The molecule has 3 nitrogen and oxygen atoms in total. The molecule has 1 aromatic heterocycles. The minimum Gasteiger partial charge on any atom is -0.271 e. The van der Waals surface area contributed by atoms with Crippen molar-refractivity contribution in [3.63, 3.8) is 0 Å². The Hall–Kier alpha value is -1.51. The molecule has 8 heteroatoms. The quantitative estimate of drug-likeness (QED) is 0.516. The number of alkyl halides is 3. The highest BCUT2D eigenvalue weighted by molar-refractivity contribution is 7.09. The summed E-state index contributed by atoms with van der Waals surface area (Å²) in [5.74, 6) is 4.61. The van der Waals surface area contributed by atoms with E-state index in [0.717, 1.165) is 23.2 Å². The number of hydrazine groups is 1. The van der Waals surface area contributed by atoms with Gasteiger partial charge >= 0.3 is 6.18 Å². The number of benzene rings is 1. The van der Waals surface area contributed by atoms with Gasteiger partial charge in [0.1, 0.15) is 5.82 Å². The third-order valence-electron chi connectivity index (χ3n) is 2.98. The number of nitrogens with one attached hydrogen (secondary N) is 1. The maximum absolute atomic E-state index is 13.3. The summed E-state index contributed by atoms with van der Waals surface area (Å²) in [5.41, 5.74) is 1.79. The first-order valence-electron chi connectivity index (χ1n) is 6.05. The van der Waals surface area contributed by atoms with Crippen LogP contribution in [0.3, 0.4) is 0 Å². The lowest BCUT2D eigenvalue weighted by Gasteiger charge is -2.20. The Balaban J connectivity index is 2.39. The van der Waals surface area contributed by atoms with Crippen molar-refractivity contribution >= 4 is 11.3 Å². The molecule has 2 aromatic rings. The molecule has 0 amide bonds. The van der Waals surface area contributed by atoms with Crippen LogP contribution in [-0.2, 0) is 12.6 Å². The predicted octanol–water partition coefficient (Wildman–Crippen LogP) is 3.36. The highest BCUT2D eigenvalue weighted by atomic mass is 32.1. The van der Waals surface area contributed by atoms with Gasteiger partial charge in [0.25, 0.3) is 0 Å². The van der Waals surface area contributed by atoms with Gasteiger partial charge in [-0.15, -0.1) is 11.3 Å². The van der Waals surface area contributed by atoms with Crippen LogP contribution < -0.4 is 11.3 Å². The van der Waals surface area contributed by atoms with Crippen LogP contribution in [0.25, 0.3) is 0 Å². The first-order chi connectivity index (χ1) is 9.81. The lowest BCUT2D eigenvalue weighted by atomic mass is 9.97. The normalized spacial score (nSPS) is 13.4. The zero-order valence-corrected chi connectivity index (χ0v) is 11.9. The number of nitrogens with zero attached hydrogens (tertiary/aromatic N) is 1. The third-order valence-corrected chi connectivity index (χ3v) is 3.80. The molecule has 0 bridgehead atoms. The predicted molar refractivity (Wildman–Crippen MR) is 72.0 cm³/mol. The second kappa shape index (κ2) is 6.08. The van der Waals surface area contributed by atoms with Crippen LogP contribution in [0.2, 0.25) is 0 Å². The maximum atomic E-state index is 13.3. The Bertz CT molecular complexity index is 624. The van der Waals surface area contributed by atoms with E-state index in [-0.39, 0.29) is 12.0 Å². The van der Waals surface area contributed by atoms with Gasteiger partial charge in [0.05, 0.1) is 22.3 Å². The second-order valence-corrected chi connectivity index (χ2v) is 5.57. The van der Waals surface area contributed by atoms with E-state index in [4.69, 9.17) is 5.84 Å². The van der Waals surface area contributed by atoms with Crippen molar-refractivity contribution in [2.24, 2.45) is 5.84 Å². The largest absolute Gasteiger partial charge is 0.416 e. The van der Waals surface area contributed by atoms with Crippen molar-refractivity contribution in [2.45, 2.75) is 25.6 Å². The van der Waals surface area contributed by atoms with Crippen molar-refractivity contribution in [2.75, 3.05) is 0 Å². The van der Waals surface area contributed by atoms with E-state index < -0.39 is 23.6 Å². The summed E-state index contributed by atoms with van der Waals surface area (Å²) in [5, 5.41) is 2.54. The molecule has 0 aliphatic carbocycles. The smallest absolute Gasteiger partial charge is 0.271 e. The van der Waals surface area contributed by atoms with Gasteiger partial charge < -0.3 is 0 Å². The van der Waals surface area contributed by atoms with E-state index in [1.807, 2.05) is 0 Å². The van der Waals surface area contributed by atoms with Gasteiger partial charge in [-0.25, -0.2) is 9.37 Å². The fourth-order valence-electron chi connectivity index (χ4n) is 2.05. The highest BCUT2D eigenvalue weighted by Crippen LogP contribution is 2.35. The molecule has 0 aliphatic rings. The first kappa shape index (κ1) is 15.9. The zero-order chi connectivity index (χ0) is 15.6. The number of halogens is 4. The van der Waals surface area contributed by atoms with Crippen LogP contribution in [0.15, 0.2) is 23.6 Å². The maximum Gasteiger partial charge on any atom is 0.416 e. The van der Waals surface area contributed by atoms with Gasteiger partial charge in [0, 0.05) is 11.8 Å². The standard InChI is InChI=1S/C13H13F4N3S/c1-7-19-9(6-21-7)5-12(20-18)10-4-8(14)2-3-11(10)13(15,16)17/h2-4,6,12,20H,5,18H2,1H3. The topological polar surface area (TPSA) is 50.9 Å². The molecule has 1 unspecified atom stereocenters. The van der Waals surface area contributed by atoms with Gasteiger partial charge in [-0.2, -0.15) is 13.2 Å². The van der Waals surface area contributed by atoms with Gasteiger partial charge in [0.15, 0.2) is 0 Å². The summed E-state index contributed by atoms with van der Waals surface area (Å²) >= 11 is 1.39. The van der Waals surface area contributed by atoms with Crippen molar-refractivity contribution in [3.05, 3.63) is 51.2 Å². The molecule has 0 radical (unpaired) electrons. The van der Waals surface area contributed by atoms with E-state index in [1.54, 1.807) is 12.3 Å². The summed E-state index contributed by atoms with van der Waals surface area (Å²) in [6.07, 6.45) is -4.43. The zero-order valence-electron chi connectivity index (χ0n) is 11.0. The fourth-order valence-corrected chi connectivity index (χ4v) is 2.68. The Morgan fingerprint density at radius 3 is 2.62 bits per heavy atom. The molecular weight excluding hydrogens is 306 g/mol. The van der Waals surface area contributed by atoms with E-state index >= 15 is 0 Å². The van der Waals surface area contributed by atoms with Crippen LogP contribution in [0.5, 0.6) is 0 Å². The molecule has 2 rings (SSSR count). The Morgan fingerprint density at radius 1 is 1.38 bits per heavy atom. The van der Waals surface area contributed by atoms with E-state index in [1.165, 1.54) is 11.3 Å². The molecule has 1 heterocycles. The summed E-state index contributed by atoms with van der Waals surface area (Å²) in [6.45, 7) is 1.79. The van der Waals surface area contributed by atoms with Crippen molar-refractivity contribution in [3.8, 4) is 0 Å². The van der Waals surface area contributed by atoms with E-state index in [2.05, 4.69) is 10.4 Å². The molecule has 0 saturated heterocycles. The van der Waals surface area contributed by atoms with Crippen LogP contribution >= 0.6 is 11.3 Å². The van der Waals surface area contributed by atoms with Crippen molar-refractivity contribution in [1.29, 1.82) is 0 Å². The number of thiazole rings is 1. The van der Waals surface area contributed by atoms with Crippen molar-refractivity contribution < 1.29 is 17.6 Å². The number of aromatic nitrogens is 1. The lowest BCUT2D eigenvalue weighted by Crippen LogP contribution is -2.31. The molecular formula is C13H13F4N3S. The summed E-state index contributed by atoms with van der Waals surface area (Å²) < 4.78 is 52.4. The van der Waals surface area contributed by atoms with Crippen LogP contribution in [0.4, 0.5) is 17.6 Å². The number of nitrogens with two attached hydrogens (primary N) is 1. The highest BCUT2D eigenvalue weighted by Gasteiger charge is 2.35. The number of rotatable bonds is 4. The average molecular weight is 319 g/mol. The fraction of sp³-hybridized carbons (Fsp3) is 0.308. The van der Waals surface area contributed by atoms with E-state index in [0.29, 0.717) is 5.69 Å². The Kier molecular flexibility index (Phi) is 4.60. The minimum atomic E-state index is -4.57. The van der Waals surface area contributed by atoms with Gasteiger partial charge in [-0.05, 0) is 30.7 Å². The SMILES string of the molecule is Cc1nc(CC(NN)c2cc(F)ccc2C(F)(F)F)cs1. The Labute approximate surface area is 122 Å². The number of hydrogen-bond donors (Lipinski definition) is 2. The van der Waals surface area contributed by atoms with Crippen LogP contribution in [-0.4, -0.2) is 4.98 Å². The van der Waals surface area contributed by atoms with E-state index in [9.17, 15) is 17.6 Å². The second-order valence-electron chi connectivity index (χ2n) is 4.51. The number of aryl methyl sites for hydroxylation is 1. The monoisotopic (exact) mass is 319 g/mol. The molecule has 3 N–H and O–H groups in total. The molecule has 114 valence electrons. The summed E-state index contributed by atoms with van der Waals surface area (Å²) in [4.78, 5) is 4.19. The molecule has 0 spiro atoms. The number of hydrogen-bond acceptors (Lipinski definition) is 4. The molecule has 0 saturated carbocycles. The molecule has 21 heavy (non-hydrogen) atoms. The molecule has 1 atom stereocenters. The van der Waals surface area contributed by atoms with Crippen LogP contribution in [0.1, 0.15) is 27.9 Å².